The average Bonchev–Trinajstić information content (AvgIpc) is 2.60. The Balaban J connectivity index is 1.44. The van der Waals surface area contributed by atoms with Crippen LogP contribution in [0.3, 0.4) is 0 Å². The number of likely N-dealkylation sites (tertiary alicyclic amines) is 1. The summed E-state index contributed by atoms with van der Waals surface area (Å²) in [6, 6.07) is 12.8. The van der Waals surface area contributed by atoms with Crippen molar-refractivity contribution in [2.75, 3.05) is 13.2 Å². The largest absolute Gasteiger partial charge is 0.490 e. The highest BCUT2D eigenvalue weighted by atomic mass is 19.1. The lowest BCUT2D eigenvalue weighted by atomic mass is 10.1. The van der Waals surface area contributed by atoms with E-state index in [1.165, 1.54) is 6.20 Å². The molecular formula is C18H19FN2O3. The van der Waals surface area contributed by atoms with Crippen molar-refractivity contribution in [3.8, 4) is 5.75 Å². The van der Waals surface area contributed by atoms with E-state index >= 15 is 0 Å². The number of benzene rings is 1. The van der Waals surface area contributed by atoms with Crippen LogP contribution in [0.5, 0.6) is 5.75 Å². The van der Waals surface area contributed by atoms with Gasteiger partial charge in [-0.25, -0.2) is 9.18 Å². The molecule has 1 amide bonds. The Morgan fingerprint density at radius 1 is 1.25 bits per heavy atom. The summed E-state index contributed by atoms with van der Waals surface area (Å²) in [5, 5.41) is 0. The maximum absolute atomic E-state index is 12.4. The van der Waals surface area contributed by atoms with Gasteiger partial charge in [-0.15, -0.1) is 0 Å². The number of hydrogen-bond acceptors (Lipinski definition) is 4. The molecule has 1 saturated heterocycles. The van der Waals surface area contributed by atoms with Gasteiger partial charge in [-0.2, -0.15) is 0 Å². The number of rotatable bonds is 6. The zero-order valence-electron chi connectivity index (χ0n) is 13.2. The molecule has 1 aliphatic heterocycles. The first-order chi connectivity index (χ1) is 11.8. The highest BCUT2D eigenvalue weighted by molar-refractivity contribution is 5.69. The number of carbonyl (C=O) groups is 1. The normalized spacial score (nSPS) is 16.4. The molecule has 1 aromatic heterocycles. The first-order valence-corrected chi connectivity index (χ1v) is 7.87. The maximum Gasteiger partial charge on any atom is 0.410 e. The van der Waals surface area contributed by atoms with Crippen molar-refractivity contribution in [3.63, 3.8) is 0 Å². The molecule has 1 aromatic carbocycles. The molecule has 1 unspecified atom stereocenters. The Labute approximate surface area is 140 Å². The molecule has 0 saturated carbocycles. The second-order valence-electron chi connectivity index (χ2n) is 5.61. The predicted octanol–water partition coefficient (Wildman–Crippen LogP) is 3.34. The van der Waals surface area contributed by atoms with Crippen LogP contribution in [-0.2, 0) is 18.0 Å². The van der Waals surface area contributed by atoms with Crippen molar-refractivity contribution in [1.29, 1.82) is 0 Å². The van der Waals surface area contributed by atoms with E-state index in [9.17, 15) is 9.18 Å². The van der Waals surface area contributed by atoms with Crippen LogP contribution in [0.4, 0.5) is 9.18 Å². The van der Waals surface area contributed by atoms with Crippen molar-refractivity contribution in [2.24, 2.45) is 0 Å². The van der Waals surface area contributed by atoms with E-state index in [4.69, 9.17) is 9.47 Å². The van der Waals surface area contributed by atoms with Crippen LogP contribution in [0.25, 0.3) is 0 Å². The van der Waals surface area contributed by atoms with Gasteiger partial charge >= 0.3 is 6.09 Å². The minimum atomic E-state index is -0.593. The predicted molar refractivity (Wildman–Crippen MR) is 86.3 cm³/mol. The third kappa shape index (κ3) is 4.01. The number of ether oxygens (including phenoxy) is 2. The topological polar surface area (TPSA) is 51.7 Å². The summed E-state index contributed by atoms with van der Waals surface area (Å²) in [5.74, 6) is 0.566. The van der Waals surface area contributed by atoms with Crippen molar-refractivity contribution >= 4 is 6.09 Å². The van der Waals surface area contributed by atoms with E-state index in [1.807, 2.05) is 30.3 Å². The number of halogens is 1. The van der Waals surface area contributed by atoms with Crippen LogP contribution in [0.15, 0.2) is 48.7 Å². The SMILES string of the molecule is O=C(OCc1ccccc1)N1CCC1COc1ccc(CF)nc1. The molecule has 3 rings (SSSR count). The monoisotopic (exact) mass is 330 g/mol. The fourth-order valence-corrected chi connectivity index (χ4v) is 2.42. The van der Waals surface area contributed by atoms with Crippen LogP contribution in [0.1, 0.15) is 17.7 Å². The van der Waals surface area contributed by atoms with Crippen LogP contribution >= 0.6 is 0 Å². The summed E-state index contributed by atoms with van der Waals surface area (Å²) in [7, 11) is 0. The molecule has 0 aliphatic carbocycles. The van der Waals surface area contributed by atoms with Crippen molar-refractivity contribution < 1.29 is 18.7 Å². The molecule has 6 heteroatoms. The highest BCUT2D eigenvalue weighted by Crippen LogP contribution is 2.21. The van der Waals surface area contributed by atoms with Gasteiger partial charge in [-0.05, 0) is 24.1 Å². The molecule has 0 N–H and O–H groups in total. The van der Waals surface area contributed by atoms with Crippen molar-refractivity contribution in [1.82, 2.24) is 9.88 Å². The molecule has 0 radical (unpaired) electrons. The number of nitrogens with zero attached hydrogens (tertiary/aromatic N) is 2. The van der Waals surface area contributed by atoms with E-state index in [0.717, 1.165) is 12.0 Å². The second-order valence-corrected chi connectivity index (χ2v) is 5.61. The number of hydrogen-bond donors (Lipinski definition) is 0. The fraction of sp³-hybridized carbons (Fsp3) is 0.333. The third-order valence-electron chi connectivity index (χ3n) is 3.96. The van der Waals surface area contributed by atoms with Gasteiger partial charge in [0.25, 0.3) is 0 Å². The molecule has 5 nitrogen and oxygen atoms in total. The summed E-state index contributed by atoms with van der Waals surface area (Å²) >= 11 is 0. The zero-order chi connectivity index (χ0) is 16.8. The summed E-state index contributed by atoms with van der Waals surface area (Å²) in [6.45, 7) is 0.708. The van der Waals surface area contributed by atoms with Crippen LogP contribution in [0, 0.1) is 0 Å². The molecule has 126 valence electrons. The lowest BCUT2D eigenvalue weighted by molar-refractivity contribution is 0.0259. The minimum Gasteiger partial charge on any atom is -0.490 e. The van der Waals surface area contributed by atoms with Gasteiger partial charge in [-0.1, -0.05) is 30.3 Å². The standard InChI is InChI=1S/C18H19FN2O3/c19-10-15-6-7-17(11-20-15)23-13-16-8-9-21(16)18(22)24-12-14-4-2-1-3-5-14/h1-7,11,16H,8-10,12-13H2. The molecule has 2 aromatic rings. The number of aromatic nitrogens is 1. The Morgan fingerprint density at radius 3 is 2.71 bits per heavy atom. The van der Waals surface area contributed by atoms with Gasteiger partial charge in [0.2, 0.25) is 0 Å². The maximum atomic E-state index is 12.4. The molecule has 1 atom stereocenters. The van der Waals surface area contributed by atoms with E-state index in [0.29, 0.717) is 24.6 Å². The Morgan fingerprint density at radius 2 is 2.08 bits per heavy atom. The molecule has 24 heavy (non-hydrogen) atoms. The number of carbonyl (C=O) groups excluding carboxylic acids is 1. The van der Waals surface area contributed by atoms with Crippen LogP contribution in [-0.4, -0.2) is 35.2 Å². The number of alkyl halides is 1. The third-order valence-corrected chi connectivity index (χ3v) is 3.96. The number of amides is 1. The van der Waals surface area contributed by atoms with Crippen molar-refractivity contribution in [3.05, 3.63) is 59.9 Å². The lowest BCUT2D eigenvalue weighted by Crippen LogP contribution is -2.54. The van der Waals surface area contributed by atoms with E-state index < -0.39 is 6.67 Å². The Kier molecular flexibility index (Phi) is 5.25. The summed E-state index contributed by atoms with van der Waals surface area (Å²) < 4.78 is 23.3. The van der Waals surface area contributed by atoms with Gasteiger partial charge in [-0.3, -0.25) is 4.98 Å². The molecular weight excluding hydrogens is 311 g/mol. The highest BCUT2D eigenvalue weighted by Gasteiger charge is 2.33. The fourth-order valence-electron chi connectivity index (χ4n) is 2.42. The zero-order valence-corrected chi connectivity index (χ0v) is 13.2. The Hall–Kier alpha value is -2.63. The minimum absolute atomic E-state index is 0.00544. The van der Waals surface area contributed by atoms with Gasteiger partial charge in [0, 0.05) is 6.54 Å². The van der Waals surface area contributed by atoms with E-state index in [2.05, 4.69) is 4.98 Å². The molecule has 0 spiro atoms. The van der Waals surface area contributed by atoms with Crippen LogP contribution < -0.4 is 4.74 Å². The molecule has 0 bridgehead atoms. The second kappa shape index (κ2) is 7.77. The van der Waals surface area contributed by atoms with Gasteiger partial charge in [0.05, 0.1) is 17.9 Å². The van der Waals surface area contributed by atoms with Gasteiger partial charge < -0.3 is 14.4 Å². The summed E-state index contributed by atoms with van der Waals surface area (Å²) in [5.41, 5.74) is 1.33. The smallest absolute Gasteiger partial charge is 0.410 e. The lowest BCUT2D eigenvalue weighted by Gasteiger charge is -2.39. The van der Waals surface area contributed by atoms with Crippen LogP contribution in [0.2, 0.25) is 0 Å². The van der Waals surface area contributed by atoms with E-state index in [-0.39, 0.29) is 18.7 Å². The first-order valence-electron chi connectivity index (χ1n) is 7.87. The summed E-state index contributed by atoms with van der Waals surface area (Å²) in [4.78, 5) is 17.7. The quantitative estimate of drug-likeness (QED) is 0.815. The van der Waals surface area contributed by atoms with Gasteiger partial charge in [0.15, 0.2) is 0 Å². The first kappa shape index (κ1) is 16.2. The van der Waals surface area contributed by atoms with E-state index in [1.54, 1.807) is 17.0 Å². The Bertz CT molecular complexity index is 664. The average molecular weight is 330 g/mol. The van der Waals surface area contributed by atoms with Crippen molar-refractivity contribution in [2.45, 2.75) is 25.7 Å². The molecule has 2 heterocycles. The molecule has 1 fully saturated rings. The molecule has 1 aliphatic rings. The summed E-state index contributed by atoms with van der Waals surface area (Å²) in [6.07, 6.45) is 2.03. The number of pyridine rings is 1. The van der Waals surface area contributed by atoms with Gasteiger partial charge in [0.1, 0.15) is 25.6 Å².